The predicted molar refractivity (Wildman–Crippen MR) is 82.8 cm³/mol. The van der Waals surface area contributed by atoms with Crippen molar-refractivity contribution in [2.75, 3.05) is 6.54 Å². The Labute approximate surface area is 126 Å². The van der Waals surface area contributed by atoms with E-state index in [1.165, 1.54) is 32.1 Å². The smallest absolute Gasteiger partial charge is 0.315 e. The highest BCUT2D eigenvalue weighted by Crippen LogP contribution is 2.26. The van der Waals surface area contributed by atoms with Crippen LogP contribution in [0, 0.1) is 5.92 Å². The van der Waals surface area contributed by atoms with Gasteiger partial charge in [-0.25, -0.2) is 9.78 Å². The molecule has 0 aliphatic heterocycles. The fourth-order valence-corrected chi connectivity index (χ4v) is 3.10. The van der Waals surface area contributed by atoms with Gasteiger partial charge in [-0.2, -0.15) is 0 Å². The van der Waals surface area contributed by atoms with E-state index in [1.54, 1.807) is 12.5 Å². The minimum atomic E-state index is -0.122. The summed E-state index contributed by atoms with van der Waals surface area (Å²) in [5.41, 5.74) is 5.84. The van der Waals surface area contributed by atoms with Crippen molar-refractivity contribution in [2.45, 2.75) is 57.7 Å². The van der Waals surface area contributed by atoms with E-state index in [0.717, 1.165) is 0 Å². The summed E-state index contributed by atoms with van der Waals surface area (Å²) in [6, 6.07) is 0.0124. The average Bonchev–Trinajstić information content (AvgIpc) is 2.98. The fourth-order valence-electron chi connectivity index (χ4n) is 3.10. The molecule has 2 unspecified atom stereocenters. The molecule has 1 fully saturated rings. The van der Waals surface area contributed by atoms with E-state index in [4.69, 9.17) is 5.73 Å². The second-order valence-electron chi connectivity index (χ2n) is 6.02. The number of hydrogen-bond acceptors (Lipinski definition) is 3. The number of carbonyl (C=O) groups is 1. The first kappa shape index (κ1) is 15.8. The Morgan fingerprint density at radius 2 is 2.14 bits per heavy atom. The van der Waals surface area contributed by atoms with Crippen LogP contribution in [0.3, 0.4) is 0 Å². The summed E-state index contributed by atoms with van der Waals surface area (Å²) in [6.07, 6.45) is 11.5. The maximum absolute atomic E-state index is 12.1. The molecule has 118 valence electrons. The Morgan fingerprint density at radius 3 is 2.76 bits per heavy atom. The first-order valence-electron chi connectivity index (χ1n) is 7.92. The lowest BCUT2D eigenvalue weighted by molar-refractivity contribution is 0.218. The van der Waals surface area contributed by atoms with Gasteiger partial charge in [-0.3, -0.25) is 0 Å². The minimum absolute atomic E-state index is 0.0454. The summed E-state index contributed by atoms with van der Waals surface area (Å²) in [5, 5.41) is 6.01. The van der Waals surface area contributed by atoms with Gasteiger partial charge in [0.1, 0.15) is 0 Å². The van der Waals surface area contributed by atoms with E-state index < -0.39 is 0 Å². The van der Waals surface area contributed by atoms with E-state index in [-0.39, 0.29) is 18.1 Å². The minimum Gasteiger partial charge on any atom is -0.335 e. The molecule has 0 radical (unpaired) electrons. The number of nitrogens with two attached hydrogens (primary N) is 1. The normalized spacial score (nSPS) is 19.0. The van der Waals surface area contributed by atoms with Gasteiger partial charge in [-0.1, -0.05) is 19.3 Å². The van der Waals surface area contributed by atoms with Gasteiger partial charge in [0, 0.05) is 37.6 Å². The van der Waals surface area contributed by atoms with Gasteiger partial charge in [0.15, 0.2) is 0 Å². The molecule has 1 saturated carbocycles. The van der Waals surface area contributed by atoms with E-state index in [1.807, 2.05) is 17.7 Å². The molecule has 1 heterocycles. The third-order valence-electron chi connectivity index (χ3n) is 4.21. The summed E-state index contributed by atoms with van der Waals surface area (Å²) in [7, 11) is 0. The number of nitrogens with one attached hydrogen (secondary N) is 2. The number of amides is 2. The van der Waals surface area contributed by atoms with Gasteiger partial charge >= 0.3 is 6.03 Å². The van der Waals surface area contributed by atoms with E-state index >= 15 is 0 Å². The molecule has 0 aromatic carbocycles. The van der Waals surface area contributed by atoms with Crippen LogP contribution in [0.2, 0.25) is 0 Å². The molecule has 0 bridgehead atoms. The standard InChI is InChI=1S/C15H27N5O/c1-12(10-20-8-7-17-11-20)18-15(21)19-14(9-16)13-5-3-2-4-6-13/h7-8,11-14H,2-6,9-10,16H2,1H3,(H2,18,19,21). The van der Waals surface area contributed by atoms with Gasteiger partial charge < -0.3 is 20.9 Å². The van der Waals surface area contributed by atoms with Gasteiger partial charge in [0.05, 0.1) is 6.33 Å². The molecule has 6 nitrogen and oxygen atoms in total. The number of nitrogens with zero attached hydrogens (tertiary/aromatic N) is 2. The second kappa shape index (κ2) is 8.02. The van der Waals surface area contributed by atoms with Crippen molar-refractivity contribution < 1.29 is 4.79 Å². The van der Waals surface area contributed by atoms with Crippen LogP contribution in [0.25, 0.3) is 0 Å². The maximum atomic E-state index is 12.1. The maximum Gasteiger partial charge on any atom is 0.315 e. The number of carbonyl (C=O) groups excluding carboxylic acids is 1. The molecule has 0 saturated heterocycles. The van der Waals surface area contributed by atoms with Crippen LogP contribution in [0.4, 0.5) is 4.79 Å². The summed E-state index contributed by atoms with van der Waals surface area (Å²) in [5.74, 6) is 0.526. The van der Waals surface area contributed by atoms with Crippen LogP contribution in [0.5, 0.6) is 0 Å². The zero-order valence-corrected chi connectivity index (χ0v) is 12.8. The molecule has 6 heteroatoms. The topological polar surface area (TPSA) is 85.0 Å². The second-order valence-corrected chi connectivity index (χ2v) is 6.02. The highest BCUT2D eigenvalue weighted by Gasteiger charge is 2.24. The SMILES string of the molecule is CC(Cn1ccnc1)NC(=O)NC(CN)C1CCCCC1. The third-order valence-corrected chi connectivity index (χ3v) is 4.21. The van der Waals surface area contributed by atoms with Crippen molar-refractivity contribution in [2.24, 2.45) is 11.7 Å². The zero-order chi connectivity index (χ0) is 15.1. The molecule has 2 rings (SSSR count). The summed E-state index contributed by atoms with van der Waals surface area (Å²) < 4.78 is 1.95. The number of imidazole rings is 1. The number of urea groups is 1. The highest BCUT2D eigenvalue weighted by atomic mass is 16.2. The van der Waals surface area contributed by atoms with Gasteiger partial charge in [-0.15, -0.1) is 0 Å². The molecule has 1 aromatic heterocycles. The third kappa shape index (κ3) is 5.04. The highest BCUT2D eigenvalue weighted by molar-refractivity contribution is 5.74. The van der Waals surface area contributed by atoms with Crippen LogP contribution < -0.4 is 16.4 Å². The molecular weight excluding hydrogens is 266 g/mol. The molecule has 2 amide bonds. The molecule has 2 atom stereocenters. The molecular formula is C15H27N5O. The quantitative estimate of drug-likeness (QED) is 0.742. The van der Waals surface area contributed by atoms with Crippen molar-refractivity contribution in [3.8, 4) is 0 Å². The van der Waals surface area contributed by atoms with E-state index in [9.17, 15) is 4.79 Å². The average molecular weight is 293 g/mol. The Morgan fingerprint density at radius 1 is 1.38 bits per heavy atom. The molecule has 0 spiro atoms. The summed E-state index contributed by atoms with van der Waals surface area (Å²) in [4.78, 5) is 16.1. The van der Waals surface area contributed by atoms with E-state index in [0.29, 0.717) is 19.0 Å². The summed E-state index contributed by atoms with van der Waals surface area (Å²) >= 11 is 0. The largest absolute Gasteiger partial charge is 0.335 e. The number of hydrogen-bond donors (Lipinski definition) is 3. The van der Waals surface area contributed by atoms with Crippen LogP contribution in [-0.2, 0) is 6.54 Å². The Balaban J connectivity index is 1.76. The van der Waals surface area contributed by atoms with Crippen molar-refractivity contribution in [3.63, 3.8) is 0 Å². The van der Waals surface area contributed by atoms with Gasteiger partial charge in [-0.05, 0) is 25.7 Å². The molecule has 1 aliphatic carbocycles. The lowest BCUT2D eigenvalue weighted by atomic mass is 9.84. The first-order valence-corrected chi connectivity index (χ1v) is 7.92. The van der Waals surface area contributed by atoms with Crippen molar-refractivity contribution in [3.05, 3.63) is 18.7 Å². The van der Waals surface area contributed by atoms with Crippen LogP contribution >= 0.6 is 0 Å². The lowest BCUT2D eigenvalue weighted by Crippen LogP contribution is -2.51. The Kier molecular flexibility index (Phi) is 6.04. The number of rotatable bonds is 6. The van der Waals surface area contributed by atoms with Crippen LogP contribution in [-0.4, -0.2) is 34.2 Å². The van der Waals surface area contributed by atoms with Crippen LogP contribution in [0.1, 0.15) is 39.0 Å². The van der Waals surface area contributed by atoms with Crippen molar-refractivity contribution in [1.82, 2.24) is 20.2 Å². The zero-order valence-electron chi connectivity index (χ0n) is 12.8. The molecule has 4 N–H and O–H groups in total. The Hall–Kier alpha value is -1.56. The van der Waals surface area contributed by atoms with Crippen molar-refractivity contribution >= 4 is 6.03 Å². The fraction of sp³-hybridized carbons (Fsp3) is 0.733. The van der Waals surface area contributed by atoms with E-state index in [2.05, 4.69) is 15.6 Å². The predicted octanol–water partition coefficient (Wildman–Crippen LogP) is 1.48. The molecule has 1 aliphatic rings. The Bertz CT molecular complexity index is 414. The monoisotopic (exact) mass is 293 g/mol. The van der Waals surface area contributed by atoms with Gasteiger partial charge in [0.2, 0.25) is 0 Å². The molecule has 1 aromatic rings. The van der Waals surface area contributed by atoms with Crippen LogP contribution in [0.15, 0.2) is 18.7 Å². The van der Waals surface area contributed by atoms with Crippen molar-refractivity contribution in [1.29, 1.82) is 0 Å². The molecule has 21 heavy (non-hydrogen) atoms. The van der Waals surface area contributed by atoms with Gasteiger partial charge in [0.25, 0.3) is 0 Å². The number of aromatic nitrogens is 2. The first-order chi connectivity index (χ1) is 10.2. The lowest BCUT2D eigenvalue weighted by Gasteiger charge is -2.30. The summed E-state index contributed by atoms with van der Waals surface area (Å²) in [6.45, 7) is 3.20.